The van der Waals surface area contributed by atoms with Crippen molar-refractivity contribution in [2.45, 2.75) is 13.8 Å². The van der Waals surface area contributed by atoms with Crippen molar-refractivity contribution in [3.8, 4) is 5.75 Å². The summed E-state index contributed by atoms with van der Waals surface area (Å²) in [7, 11) is -3.57. The SMILES string of the molecule is CCOP(=O)(OCC)Oc1ccc(N=Nc2ccccc2)cc1. The molecule has 0 unspecified atom stereocenters. The maximum absolute atomic E-state index is 12.3. The third-order valence-electron chi connectivity index (χ3n) is 2.67. The highest BCUT2D eigenvalue weighted by molar-refractivity contribution is 7.48. The molecule has 0 bridgehead atoms. The smallest absolute Gasteiger partial charge is 0.404 e. The lowest BCUT2D eigenvalue weighted by Gasteiger charge is -2.16. The first-order valence-electron chi connectivity index (χ1n) is 7.31. The van der Waals surface area contributed by atoms with Crippen molar-refractivity contribution in [2.24, 2.45) is 10.2 Å². The van der Waals surface area contributed by atoms with E-state index in [0.29, 0.717) is 11.4 Å². The minimum absolute atomic E-state index is 0.237. The Morgan fingerprint density at radius 2 is 1.35 bits per heavy atom. The molecule has 0 N–H and O–H groups in total. The highest BCUT2D eigenvalue weighted by Gasteiger charge is 2.27. The Hall–Kier alpha value is -2.01. The fourth-order valence-electron chi connectivity index (χ4n) is 1.72. The van der Waals surface area contributed by atoms with Gasteiger partial charge in [0.1, 0.15) is 5.75 Å². The molecule has 0 aliphatic rings. The van der Waals surface area contributed by atoms with E-state index in [2.05, 4.69) is 10.2 Å². The number of benzene rings is 2. The predicted molar refractivity (Wildman–Crippen MR) is 88.5 cm³/mol. The van der Waals surface area contributed by atoms with Gasteiger partial charge in [-0.3, -0.25) is 9.05 Å². The van der Waals surface area contributed by atoms with Gasteiger partial charge >= 0.3 is 7.82 Å². The molecule has 2 aromatic carbocycles. The zero-order chi connectivity index (χ0) is 16.5. The van der Waals surface area contributed by atoms with E-state index >= 15 is 0 Å². The fraction of sp³-hybridized carbons (Fsp3) is 0.250. The maximum atomic E-state index is 12.3. The monoisotopic (exact) mass is 334 g/mol. The number of hydrogen-bond acceptors (Lipinski definition) is 6. The highest BCUT2D eigenvalue weighted by Crippen LogP contribution is 2.49. The summed E-state index contributed by atoms with van der Waals surface area (Å²) in [5, 5.41) is 8.24. The lowest BCUT2D eigenvalue weighted by atomic mass is 10.3. The van der Waals surface area contributed by atoms with Crippen LogP contribution in [0.2, 0.25) is 0 Å². The molecular weight excluding hydrogens is 315 g/mol. The number of rotatable bonds is 8. The van der Waals surface area contributed by atoms with E-state index in [1.807, 2.05) is 30.3 Å². The Kier molecular flexibility index (Phi) is 6.47. The van der Waals surface area contributed by atoms with Crippen LogP contribution in [0.1, 0.15) is 13.8 Å². The molecule has 0 aliphatic heterocycles. The first-order valence-corrected chi connectivity index (χ1v) is 8.77. The quantitative estimate of drug-likeness (QED) is 0.461. The molecule has 6 nitrogen and oxygen atoms in total. The lowest BCUT2D eigenvalue weighted by Crippen LogP contribution is -2.02. The molecule has 122 valence electrons. The van der Waals surface area contributed by atoms with E-state index in [0.717, 1.165) is 5.69 Å². The average Bonchev–Trinajstić information content (AvgIpc) is 2.55. The summed E-state index contributed by atoms with van der Waals surface area (Å²) in [4.78, 5) is 0. The van der Waals surface area contributed by atoms with Crippen LogP contribution in [0.25, 0.3) is 0 Å². The molecule has 0 amide bonds. The number of phosphoric acid groups is 1. The molecule has 0 spiro atoms. The van der Waals surface area contributed by atoms with Gasteiger partial charge in [0.2, 0.25) is 0 Å². The maximum Gasteiger partial charge on any atom is 0.530 e. The third-order valence-corrected chi connectivity index (χ3v) is 4.25. The van der Waals surface area contributed by atoms with Crippen molar-refractivity contribution >= 4 is 19.2 Å². The van der Waals surface area contributed by atoms with Crippen molar-refractivity contribution in [3.63, 3.8) is 0 Å². The van der Waals surface area contributed by atoms with Gasteiger partial charge in [-0.05, 0) is 50.2 Å². The van der Waals surface area contributed by atoms with Crippen LogP contribution in [0.15, 0.2) is 64.8 Å². The van der Waals surface area contributed by atoms with Crippen LogP contribution in [0, 0.1) is 0 Å². The van der Waals surface area contributed by atoms with Crippen molar-refractivity contribution in [1.82, 2.24) is 0 Å². The van der Waals surface area contributed by atoms with E-state index < -0.39 is 7.82 Å². The Labute approximate surface area is 135 Å². The Balaban J connectivity index is 2.04. The Morgan fingerprint density at radius 3 is 1.87 bits per heavy atom. The molecule has 7 heteroatoms. The summed E-state index contributed by atoms with van der Waals surface area (Å²) < 4.78 is 27.8. The zero-order valence-electron chi connectivity index (χ0n) is 13.1. The molecular formula is C16H19N2O4P. The van der Waals surface area contributed by atoms with E-state index in [1.54, 1.807) is 38.1 Å². The number of phosphoric ester groups is 1. The minimum Gasteiger partial charge on any atom is -0.404 e. The summed E-state index contributed by atoms with van der Waals surface area (Å²) in [6.45, 7) is 3.92. The predicted octanol–water partition coefficient (Wildman–Crippen LogP) is 5.66. The summed E-state index contributed by atoms with van der Waals surface area (Å²) in [5.41, 5.74) is 1.42. The van der Waals surface area contributed by atoms with Crippen LogP contribution in [-0.2, 0) is 13.6 Å². The van der Waals surface area contributed by atoms with Crippen LogP contribution in [0.4, 0.5) is 11.4 Å². The number of hydrogen-bond donors (Lipinski definition) is 0. The van der Waals surface area contributed by atoms with Crippen molar-refractivity contribution in [2.75, 3.05) is 13.2 Å². The molecule has 0 heterocycles. The first kappa shape index (κ1) is 17.3. The number of nitrogens with zero attached hydrogens (tertiary/aromatic N) is 2. The lowest BCUT2D eigenvalue weighted by molar-refractivity contribution is 0.167. The van der Waals surface area contributed by atoms with Crippen LogP contribution in [-0.4, -0.2) is 13.2 Å². The van der Waals surface area contributed by atoms with Crippen molar-refractivity contribution in [1.29, 1.82) is 0 Å². The molecule has 2 aromatic rings. The van der Waals surface area contributed by atoms with Gasteiger partial charge < -0.3 is 4.52 Å². The molecule has 0 atom stereocenters. The van der Waals surface area contributed by atoms with Gasteiger partial charge in [-0.2, -0.15) is 10.2 Å². The van der Waals surface area contributed by atoms with Gasteiger partial charge in [-0.1, -0.05) is 18.2 Å². The summed E-state index contributed by atoms with van der Waals surface area (Å²) in [5.74, 6) is 0.383. The number of azo groups is 1. The normalized spacial score (nSPS) is 11.7. The standard InChI is InChI=1S/C16H19N2O4P/c1-3-20-23(19,21-4-2)22-16-12-10-15(11-13-16)18-17-14-8-6-5-7-9-14/h5-13H,3-4H2,1-2H3. The molecule has 0 saturated heterocycles. The van der Waals surface area contributed by atoms with Gasteiger partial charge in [0.05, 0.1) is 24.6 Å². The minimum atomic E-state index is -3.57. The van der Waals surface area contributed by atoms with E-state index in [9.17, 15) is 4.57 Å². The van der Waals surface area contributed by atoms with Crippen LogP contribution < -0.4 is 4.52 Å². The Bertz CT molecular complexity index is 664. The van der Waals surface area contributed by atoms with Crippen LogP contribution in [0.3, 0.4) is 0 Å². The van der Waals surface area contributed by atoms with E-state index in [1.165, 1.54) is 0 Å². The van der Waals surface area contributed by atoms with Gasteiger partial charge in [0, 0.05) is 0 Å². The first-order chi connectivity index (χ1) is 11.1. The highest BCUT2D eigenvalue weighted by atomic mass is 31.2. The summed E-state index contributed by atoms with van der Waals surface area (Å²) >= 11 is 0. The Morgan fingerprint density at radius 1 is 0.826 bits per heavy atom. The second-order valence-electron chi connectivity index (χ2n) is 4.40. The van der Waals surface area contributed by atoms with Gasteiger partial charge in [-0.15, -0.1) is 0 Å². The molecule has 0 radical (unpaired) electrons. The fourth-order valence-corrected chi connectivity index (χ4v) is 2.91. The average molecular weight is 334 g/mol. The summed E-state index contributed by atoms with van der Waals surface area (Å²) in [6.07, 6.45) is 0. The van der Waals surface area contributed by atoms with Gasteiger partial charge in [0.25, 0.3) is 0 Å². The molecule has 0 aromatic heterocycles. The van der Waals surface area contributed by atoms with Crippen LogP contribution in [0.5, 0.6) is 5.75 Å². The topological polar surface area (TPSA) is 69.5 Å². The zero-order valence-corrected chi connectivity index (χ0v) is 14.0. The molecule has 2 rings (SSSR count). The van der Waals surface area contributed by atoms with Crippen molar-refractivity contribution in [3.05, 3.63) is 54.6 Å². The second kappa shape index (κ2) is 8.58. The molecule has 0 fully saturated rings. The van der Waals surface area contributed by atoms with Crippen LogP contribution >= 0.6 is 7.82 Å². The largest absolute Gasteiger partial charge is 0.530 e. The van der Waals surface area contributed by atoms with E-state index in [-0.39, 0.29) is 13.2 Å². The summed E-state index contributed by atoms with van der Waals surface area (Å²) in [6, 6.07) is 16.1. The molecule has 23 heavy (non-hydrogen) atoms. The molecule has 0 saturated carbocycles. The van der Waals surface area contributed by atoms with E-state index in [4.69, 9.17) is 13.6 Å². The van der Waals surface area contributed by atoms with Gasteiger partial charge in [-0.25, -0.2) is 4.57 Å². The van der Waals surface area contributed by atoms with Crippen molar-refractivity contribution < 1.29 is 18.1 Å². The third kappa shape index (κ3) is 5.60. The van der Waals surface area contributed by atoms with Gasteiger partial charge in [0.15, 0.2) is 0 Å². The second-order valence-corrected chi connectivity index (χ2v) is 6.00. The molecule has 0 aliphatic carbocycles.